The number of nitriles is 2. The Morgan fingerprint density at radius 2 is 2.00 bits per heavy atom. The van der Waals surface area contributed by atoms with Gasteiger partial charge in [-0.2, -0.15) is 10.5 Å². The minimum absolute atomic E-state index is 0.0931. The van der Waals surface area contributed by atoms with Crippen LogP contribution in [0.4, 0.5) is 0 Å². The maximum absolute atomic E-state index is 8.98. The van der Waals surface area contributed by atoms with E-state index in [1.165, 1.54) is 23.2 Å². The third-order valence-corrected chi connectivity index (χ3v) is 2.85. The summed E-state index contributed by atoms with van der Waals surface area (Å²) in [5, 5.41) is 18.5. The molecule has 0 aliphatic rings. The Balaban J connectivity index is 2.38. The summed E-state index contributed by atoms with van der Waals surface area (Å²) < 4.78 is 1.54. The first-order chi connectivity index (χ1) is 8.65. The lowest BCUT2D eigenvalue weighted by Crippen LogP contribution is -2.02. The largest absolute Gasteiger partial charge is 0.317 e. The predicted molar refractivity (Wildman–Crippen MR) is 65.0 cm³/mol. The molecular formula is C11H5Cl2N5. The van der Waals surface area contributed by atoms with Gasteiger partial charge in [0.05, 0.1) is 17.9 Å². The van der Waals surface area contributed by atoms with Gasteiger partial charge in [-0.3, -0.25) is 0 Å². The zero-order valence-corrected chi connectivity index (χ0v) is 10.4. The molecule has 0 bridgehead atoms. The number of pyridine rings is 1. The van der Waals surface area contributed by atoms with E-state index in [-0.39, 0.29) is 11.4 Å². The molecule has 0 saturated carbocycles. The Hall–Kier alpha value is -2.08. The second-order valence-electron chi connectivity index (χ2n) is 3.39. The van der Waals surface area contributed by atoms with Crippen molar-refractivity contribution in [3.63, 3.8) is 0 Å². The average Bonchev–Trinajstić information content (AvgIpc) is 2.74. The van der Waals surface area contributed by atoms with Crippen LogP contribution in [0.15, 0.2) is 18.6 Å². The van der Waals surface area contributed by atoms with E-state index in [0.29, 0.717) is 22.3 Å². The van der Waals surface area contributed by atoms with Gasteiger partial charge in [0, 0.05) is 11.8 Å². The molecule has 7 heteroatoms. The van der Waals surface area contributed by atoms with Crippen molar-refractivity contribution in [3.05, 3.63) is 45.7 Å². The number of halogens is 2. The summed E-state index contributed by atoms with van der Waals surface area (Å²) in [6, 6.07) is 5.31. The summed E-state index contributed by atoms with van der Waals surface area (Å²) in [4.78, 5) is 7.76. The average molecular weight is 278 g/mol. The monoisotopic (exact) mass is 277 g/mol. The zero-order valence-electron chi connectivity index (χ0n) is 8.93. The molecule has 0 spiro atoms. The van der Waals surface area contributed by atoms with Crippen LogP contribution in [0.2, 0.25) is 10.2 Å². The Labute approximate surface area is 113 Å². The van der Waals surface area contributed by atoms with Crippen LogP contribution in [0.5, 0.6) is 0 Å². The van der Waals surface area contributed by atoms with Crippen molar-refractivity contribution >= 4 is 23.2 Å². The topological polar surface area (TPSA) is 78.3 Å². The Kier molecular flexibility index (Phi) is 3.47. The molecule has 0 fully saturated rings. The van der Waals surface area contributed by atoms with Crippen molar-refractivity contribution in [1.29, 1.82) is 10.5 Å². The smallest absolute Gasteiger partial charge is 0.176 e. The van der Waals surface area contributed by atoms with E-state index < -0.39 is 0 Å². The van der Waals surface area contributed by atoms with Crippen molar-refractivity contribution < 1.29 is 0 Å². The molecular weight excluding hydrogens is 273 g/mol. The van der Waals surface area contributed by atoms with Gasteiger partial charge in [-0.05, 0) is 6.07 Å². The molecule has 2 aromatic rings. The molecule has 2 heterocycles. The van der Waals surface area contributed by atoms with Crippen molar-refractivity contribution in [2.75, 3.05) is 0 Å². The fourth-order valence-electron chi connectivity index (χ4n) is 1.44. The first kappa shape index (κ1) is 12.4. The molecule has 0 atom stereocenters. The molecule has 0 amide bonds. The first-order valence-electron chi connectivity index (χ1n) is 4.81. The van der Waals surface area contributed by atoms with Crippen molar-refractivity contribution in [3.8, 4) is 12.1 Å². The fourth-order valence-corrected chi connectivity index (χ4v) is 1.86. The molecule has 0 unspecified atom stereocenters. The van der Waals surface area contributed by atoms with E-state index >= 15 is 0 Å². The molecule has 5 nitrogen and oxygen atoms in total. The number of imidazole rings is 1. The van der Waals surface area contributed by atoms with Crippen LogP contribution in [0.3, 0.4) is 0 Å². The molecule has 2 rings (SSSR count). The van der Waals surface area contributed by atoms with Gasteiger partial charge in [0.25, 0.3) is 0 Å². The molecule has 0 aromatic carbocycles. The summed E-state index contributed by atoms with van der Waals surface area (Å²) >= 11 is 11.7. The maximum Gasteiger partial charge on any atom is 0.176 e. The lowest BCUT2D eigenvalue weighted by molar-refractivity contribution is 0.782. The Bertz CT molecular complexity index is 678. The van der Waals surface area contributed by atoms with Crippen LogP contribution in [0, 0.1) is 22.7 Å². The Morgan fingerprint density at radius 3 is 2.61 bits per heavy atom. The summed E-state index contributed by atoms with van der Waals surface area (Å²) in [6.45, 7) is 0.306. The highest BCUT2D eigenvalue weighted by atomic mass is 35.5. The van der Waals surface area contributed by atoms with Crippen LogP contribution >= 0.6 is 23.2 Å². The second kappa shape index (κ2) is 5.05. The maximum atomic E-state index is 8.98. The zero-order chi connectivity index (χ0) is 13.1. The SMILES string of the molecule is N#Cc1ncn(Cc2cnc(Cl)cc2Cl)c1C#N. The molecule has 0 radical (unpaired) electrons. The van der Waals surface area contributed by atoms with E-state index in [9.17, 15) is 0 Å². The summed E-state index contributed by atoms with van der Waals surface area (Å²) in [6.07, 6.45) is 2.94. The third-order valence-electron chi connectivity index (χ3n) is 2.29. The van der Waals surface area contributed by atoms with Gasteiger partial charge in [-0.15, -0.1) is 0 Å². The van der Waals surface area contributed by atoms with E-state index in [0.717, 1.165) is 0 Å². The van der Waals surface area contributed by atoms with Crippen LogP contribution in [-0.2, 0) is 6.54 Å². The van der Waals surface area contributed by atoms with Crippen LogP contribution in [-0.4, -0.2) is 14.5 Å². The van der Waals surface area contributed by atoms with E-state index in [4.69, 9.17) is 33.7 Å². The number of hydrogen-bond acceptors (Lipinski definition) is 4. The molecule has 2 aromatic heterocycles. The van der Waals surface area contributed by atoms with Gasteiger partial charge >= 0.3 is 0 Å². The minimum atomic E-state index is 0.0931. The third kappa shape index (κ3) is 2.28. The lowest BCUT2D eigenvalue weighted by atomic mass is 10.2. The van der Waals surface area contributed by atoms with Gasteiger partial charge < -0.3 is 4.57 Å². The summed E-state index contributed by atoms with van der Waals surface area (Å²) in [5.74, 6) is 0. The normalized spacial score (nSPS) is 9.78. The summed E-state index contributed by atoms with van der Waals surface area (Å²) in [5.41, 5.74) is 0.985. The predicted octanol–water partition coefficient (Wildman–Crippen LogP) is 2.38. The standard InChI is InChI=1S/C11H5Cl2N5/c12-8-1-11(13)16-4-7(8)5-18-6-17-9(2-14)10(18)3-15/h1,4,6H,5H2. The van der Waals surface area contributed by atoms with Crippen molar-refractivity contribution in [2.24, 2.45) is 0 Å². The Morgan fingerprint density at radius 1 is 1.22 bits per heavy atom. The van der Waals surface area contributed by atoms with Crippen LogP contribution in [0.1, 0.15) is 17.0 Å². The number of nitrogens with zero attached hydrogens (tertiary/aromatic N) is 5. The summed E-state index contributed by atoms with van der Waals surface area (Å²) in [7, 11) is 0. The van der Waals surface area contributed by atoms with E-state index in [1.54, 1.807) is 0 Å². The van der Waals surface area contributed by atoms with Gasteiger partial charge in [-0.25, -0.2) is 9.97 Å². The molecule has 0 aliphatic carbocycles. The number of rotatable bonds is 2. The van der Waals surface area contributed by atoms with E-state index in [2.05, 4.69) is 9.97 Å². The molecule has 0 N–H and O–H groups in total. The van der Waals surface area contributed by atoms with Gasteiger partial charge in [0.2, 0.25) is 0 Å². The number of hydrogen-bond donors (Lipinski definition) is 0. The first-order valence-corrected chi connectivity index (χ1v) is 5.56. The highest BCUT2D eigenvalue weighted by Crippen LogP contribution is 2.20. The highest BCUT2D eigenvalue weighted by molar-refractivity contribution is 6.34. The fraction of sp³-hybridized carbons (Fsp3) is 0.0909. The van der Waals surface area contributed by atoms with Crippen molar-refractivity contribution in [2.45, 2.75) is 6.54 Å². The molecule has 88 valence electrons. The molecule has 0 saturated heterocycles. The molecule has 0 aliphatic heterocycles. The number of aromatic nitrogens is 3. The van der Waals surface area contributed by atoms with Gasteiger partial charge in [-0.1, -0.05) is 23.2 Å². The van der Waals surface area contributed by atoms with E-state index in [1.807, 2.05) is 12.1 Å². The highest BCUT2D eigenvalue weighted by Gasteiger charge is 2.11. The van der Waals surface area contributed by atoms with Crippen LogP contribution < -0.4 is 0 Å². The second-order valence-corrected chi connectivity index (χ2v) is 4.19. The van der Waals surface area contributed by atoms with Gasteiger partial charge in [0.1, 0.15) is 17.3 Å². The van der Waals surface area contributed by atoms with Crippen molar-refractivity contribution in [1.82, 2.24) is 14.5 Å². The quantitative estimate of drug-likeness (QED) is 0.790. The van der Waals surface area contributed by atoms with Crippen LogP contribution in [0.25, 0.3) is 0 Å². The lowest BCUT2D eigenvalue weighted by Gasteiger charge is -2.05. The minimum Gasteiger partial charge on any atom is -0.317 e. The molecule has 18 heavy (non-hydrogen) atoms. The van der Waals surface area contributed by atoms with Gasteiger partial charge in [0.15, 0.2) is 11.4 Å².